The molecule has 0 spiro atoms. The number of hydrogen-bond acceptors (Lipinski definition) is 4. The highest BCUT2D eigenvalue weighted by atomic mass is 79.9. The van der Waals surface area contributed by atoms with Gasteiger partial charge in [0.1, 0.15) is 22.9 Å². The van der Waals surface area contributed by atoms with E-state index in [9.17, 15) is 14.0 Å². The molecule has 3 aromatic carbocycles. The molecule has 9 heteroatoms. The number of carbonyl (C=O) groups is 2. The molecule has 0 bridgehead atoms. The molecule has 0 saturated carbocycles. The Hall–Kier alpha value is -3.10. The molecule has 0 radical (unpaired) electrons. The minimum absolute atomic E-state index is 0.138. The molecular weight excluding hydrogens is 587 g/mol. The van der Waals surface area contributed by atoms with Gasteiger partial charge in [0, 0.05) is 53.6 Å². The fourth-order valence-corrected chi connectivity index (χ4v) is 4.98. The van der Waals surface area contributed by atoms with E-state index in [1.807, 2.05) is 45.0 Å². The highest BCUT2D eigenvalue weighted by Crippen LogP contribution is 2.40. The molecule has 206 valence electrons. The molecule has 3 aromatic rings. The number of carbonyl (C=O) groups excluding carboxylic acids is 2. The van der Waals surface area contributed by atoms with Crippen LogP contribution in [0.5, 0.6) is 11.5 Å². The average Bonchev–Trinajstić information content (AvgIpc) is 2.82. The molecule has 0 aromatic heterocycles. The van der Waals surface area contributed by atoms with E-state index in [0.717, 1.165) is 10.0 Å². The third-order valence-electron chi connectivity index (χ3n) is 6.46. The maximum absolute atomic E-state index is 14.2. The Morgan fingerprint density at radius 2 is 1.77 bits per heavy atom. The first-order valence-electron chi connectivity index (χ1n) is 12.5. The van der Waals surface area contributed by atoms with Crippen LogP contribution in [0.4, 0.5) is 9.18 Å². The van der Waals surface area contributed by atoms with Crippen molar-refractivity contribution in [2.45, 2.75) is 44.8 Å². The lowest BCUT2D eigenvalue weighted by atomic mass is 9.71. The highest BCUT2D eigenvalue weighted by Gasteiger charge is 2.49. The van der Waals surface area contributed by atoms with E-state index in [0.29, 0.717) is 35.2 Å². The lowest BCUT2D eigenvalue weighted by Crippen LogP contribution is -2.63. The van der Waals surface area contributed by atoms with Gasteiger partial charge >= 0.3 is 6.09 Å². The fourth-order valence-electron chi connectivity index (χ4n) is 4.54. The van der Waals surface area contributed by atoms with Crippen molar-refractivity contribution in [3.63, 3.8) is 0 Å². The Balaban J connectivity index is 1.51. The normalized spacial score (nSPS) is 14.4. The van der Waals surface area contributed by atoms with Crippen molar-refractivity contribution in [2.75, 3.05) is 20.1 Å². The zero-order valence-corrected chi connectivity index (χ0v) is 24.7. The van der Waals surface area contributed by atoms with Gasteiger partial charge < -0.3 is 19.3 Å². The van der Waals surface area contributed by atoms with Crippen molar-refractivity contribution in [3.05, 3.63) is 93.2 Å². The van der Waals surface area contributed by atoms with Gasteiger partial charge in [-0.15, -0.1) is 0 Å². The summed E-state index contributed by atoms with van der Waals surface area (Å²) in [7, 11) is 1.68. The maximum Gasteiger partial charge on any atom is 0.410 e. The number of ether oxygens (including phenoxy) is 2. The van der Waals surface area contributed by atoms with Gasteiger partial charge in [0.25, 0.3) is 0 Å². The van der Waals surface area contributed by atoms with E-state index in [2.05, 4.69) is 15.9 Å². The second-order valence-corrected chi connectivity index (χ2v) is 12.2. The molecule has 0 N–H and O–H groups in total. The van der Waals surface area contributed by atoms with Crippen molar-refractivity contribution in [1.82, 2.24) is 9.80 Å². The van der Waals surface area contributed by atoms with Crippen LogP contribution in [0.25, 0.3) is 0 Å². The molecular formula is C30H31BrClFN2O4. The van der Waals surface area contributed by atoms with Gasteiger partial charge in [-0.3, -0.25) is 4.79 Å². The van der Waals surface area contributed by atoms with Crippen LogP contribution in [-0.4, -0.2) is 47.5 Å². The monoisotopic (exact) mass is 616 g/mol. The van der Waals surface area contributed by atoms with Crippen LogP contribution in [0.15, 0.2) is 71.2 Å². The van der Waals surface area contributed by atoms with E-state index in [4.69, 9.17) is 21.1 Å². The van der Waals surface area contributed by atoms with Gasteiger partial charge in [0.05, 0.1) is 0 Å². The van der Waals surface area contributed by atoms with Gasteiger partial charge in [-0.2, -0.15) is 0 Å². The molecule has 1 aliphatic rings. The predicted octanol–water partition coefficient (Wildman–Crippen LogP) is 7.57. The molecule has 1 aliphatic heterocycles. The number of rotatable bonds is 7. The van der Waals surface area contributed by atoms with Gasteiger partial charge in [0.2, 0.25) is 5.91 Å². The molecule has 1 saturated heterocycles. The molecule has 4 rings (SSSR count). The lowest BCUT2D eigenvalue weighted by Gasteiger charge is -2.50. The summed E-state index contributed by atoms with van der Waals surface area (Å²) in [5.74, 6) is 0.373. The second-order valence-electron chi connectivity index (χ2n) is 10.9. The van der Waals surface area contributed by atoms with Gasteiger partial charge in [-0.1, -0.05) is 45.7 Å². The quantitative estimate of drug-likeness (QED) is 0.274. The Bertz CT molecular complexity index is 1350. The van der Waals surface area contributed by atoms with Crippen LogP contribution in [0.2, 0.25) is 5.02 Å². The number of halogens is 3. The average molecular weight is 618 g/mol. The fraction of sp³-hybridized carbons (Fsp3) is 0.333. The van der Waals surface area contributed by atoms with Crippen molar-refractivity contribution < 1.29 is 23.5 Å². The Labute approximate surface area is 241 Å². The van der Waals surface area contributed by atoms with E-state index in [1.54, 1.807) is 41.1 Å². The number of nitrogens with zero attached hydrogens (tertiary/aromatic N) is 2. The number of hydrogen-bond donors (Lipinski definition) is 0. The summed E-state index contributed by atoms with van der Waals surface area (Å²) in [6, 6.07) is 18.9. The zero-order chi connectivity index (χ0) is 28.4. The summed E-state index contributed by atoms with van der Waals surface area (Å²) in [6.45, 7) is 6.31. The number of amides is 2. The Morgan fingerprint density at radius 1 is 1.08 bits per heavy atom. The summed E-state index contributed by atoms with van der Waals surface area (Å²) < 4.78 is 26.6. The first-order valence-corrected chi connectivity index (χ1v) is 13.7. The number of likely N-dealkylation sites (tertiary alicyclic amines) is 1. The summed E-state index contributed by atoms with van der Waals surface area (Å²) in [4.78, 5) is 29.4. The third kappa shape index (κ3) is 7.31. The zero-order valence-electron chi connectivity index (χ0n) is 22.3. The van der Waals surface area contributed by atoms with Crippen molar-refractivity contribution in [3.8, 4) is 11.5 Å². The number of benzene rings is 3. The molecule has 1 heterocycles. The summed E-state index contributed by atoms with van der Waals surface area (Å²) in [6.07, 6.45) is -0.233. The lowest BCUT2D eigenvalue weighted by molar-refractivity contribution is -0.133. The molecule has 6 nitrogen and oxygen atoms in total. The topological polar surface area (TPSA) is 59.1 Å². The van der Waals surface area contributed by atoms with Crippen LogP contribution < -0.4 is 4.74 Å². The third-order valence-corrected chi connectivity index (χ3v) is 7.23. The molecule has 39 heavy (non-hydrogen) atoms. The minimum atomic E-state index is -0.612. The largest absolute Gasteiger partial charge is 0.457 e. The molecule has 1 fully saturated rings. The Morgan fingerprint density at radius 3 is 2.41 bits per heavy atom. The van der Waals surface area contributed by atoms with Crippen molar-refractivity contribution in [2.24, 2.45) is 0 Å². The smallest absolute Gasteiger partial charge is 0.410 e. The van der Waals surface area contributed by atoms with Crippen LogP contribution in [-0.2, 0) is 21.5 Å². The molecule has 0 atom stereocenters. The van der Waals surface area contributed by atoms with E-state index >= 15 is 0 Å². The van der Waals surface area contributed by atoms with E-state index < -0.39 is 22.9 Å². The predicted molar refractivity (Wildman–Crippen MR) is 153 cm³/mol. The van der Waals surface area contributed by atoms with Crippen molar-refractivity contribution in [1.29, 1.82) is 0 Å². The van der Waals surface area contributed by atoms with E-state index in [-0.39, 0.29) is 18.9 Å². The second kappa shape index (κ2) is 11.6. The van der Waals surface area contributed by atoms with Crippen LogP contribution >= 0.6 is 27.5 Å². The Kier molecular flexibility index (Phi) is 8.57. The van der Waals surface area contributed by atoms with Crippen molar-refractivity contribution >= 4 is 39.5 Å². The summed E-state index contributed by atoms with van der Waals surface area (Å²) >= 11 is 9.54. The summed E-state index contributed by atoms with van der Waals surface area (Å²) in [5, 5.41) is 0.516. The minimum Gasteiger partial charge on any atom is -0.457 e. The van der Waals surface area contributed by atoms with Gasteiger partial charge in [-0.05, 0) is 74.9 Å². The van der Waals surface area contributed by atoms with Gasteiger partial charge in [0.15, 0.2) is 0 Å². The first kappa shape index (κ1) is 28.9. The van der Waals surface area contributed by atoms with Gasteiger partial charge in [-0.25, -0.2) is 9.18 Å². The van der Waals surface area contributed by atoms with Crippen LogP contribution in [0.3, 0.4) is 0 Å². The molecule has 0 aliphatic carbocycles. The molecule has 2 amide bonds. The van der Waals surface area contributed by atoms with Crippen LogP contribution in [0.1, 0.15) is 38.3 Å². The summed E-state index contributed by atoms with van der Waals surface area (Å²) in [5.41, 5.74) is 0.305. The standard InChI is InChI=1S/C30H31BrClFN2O4/c1-29(2,3)39-28(37)35-18-30(19-35,21-8-10-22(31)11-9-21)16-27(36)34(4)17-20-14-24(33)12-13-26(20)38-25-7-5-6-23(32)15-25/h5-15H,16-19H2,1-4H3. The maximum atomic E-state index is 14.2. The SMILES string of the molecule is CN(Cc1cc(F)ccc1Oc1cccc(Cl)c1)C(=O)CC1(c2ccc(Br)cc2)CN(C(=O)OC(C)(C)C)C1. The highest BCUT2D eigenvalue weighted by molar-refractivity contribution is 9.10. The van der Waals surface area contributed by atoms with Crippen LogP contribution in [0, 0.1) is 5.82 Å². The molecule has 0 unspecified atom stereocenters. The van der Waals surface area contributed by atoms with E-state index in [1.165, 1.54) is 18.2 Å². The first-order chi connectivity index (χ1) is 18.3.